The van der Waals surface area contributed by atoms with Crippen LogP contribution in [0.4, 0.5) is 8.78 Å². The number of benzene rings is 2. The van der Waals surface area contributed by atoms with Crippen molar-refractivity contribution in [1.82, 2.24) is 10.6 Å². The molecule has 0 unspecified atom stereocenters. The Morgan fingerprint density at radius 3 is 1.44 bits per heavy atom. The minimum Gasteiger partial charge on any atom is -0.352 e. The molecule has 0 atom stereocenters. The molecule has 2 aromatic rings. The number of carbonyl (C=O) groups is 2. The van der Waals surface area contributed by atoms with Crippen molar-refractivity contribution in [2.45, 2.75) is 12.8 Å². The first-order valence-corrected chi connectivity index (χ1v) is 11.3. The number of carbonyl (C=O) groups excluding carboxylic acids is 2. The summed E-state index contributed by atoms with van der Waals surface area (Å²) in [6, 6.07) is 12.0. The molecule has 4 N–H and O–H groups in total. The molecule has 1 saturated heterocycles. The Kier molecular flexibility index (Phi) is 9.13. The van der Waals surface area contributed by atoms with Crippen LogP contribution >= 0.6 is 0 Å². The van der Waals surface area contributed by atoms with Crippen molar-refractivity contribution in [3.63, 3.8) is 0 Å². The van der Waals surface area contributed by atoms with Gasteiger partial charge in [0.2, 0.25) is 0 Å². The van der Waals surface area contributed by atoms with Gasteiger partial charge in [0.1, 0.15) is 37.8 Å². The summed E-state index contributed by atoms with van der Waals surface area (Å²) >= 11 is 0. The average molecular weight is 447 g/mol. The second-order valence-corrected chi connectivity index (χ2v) is 8.18. The average Bonchev–Trinajstić information content (AvgIpc) is 2.80. The van der Waals surface area contributed by atoms with Crippen LogP contribution in [0.5, 0.6) is 0 Å². The molecule has 0 aliphatic carbocycles. The van der Waals surface area contributed by atoms with E-state index in [1.165, 1.54) is 34.1 Å². The lowest BCUT2D eigenvalue weighted by Gasteiger charge is -2.29. The lowest BCUT2D eigenvalue weighted by molar-refractivity contribution is -1.01. The zero-order valence-electron chi connectivity index (χ0n) is 18.3. The Morgan fingerprint density at radius 1 is 0.688 bits per heavy atom. The van der Waals surface area contributed by atoms with E-state index in [9.17, 15) is 18.4 Å². The van der Waals surface area contributed by atoms with E-state index in [-0.39, 0.29) is 22.9 Å². The van der Waals surface area contributed by atoms with E-state index in [4.69, 9.17) is 0 Å². The molecule has 0 spiro atoms. The van der Waals surface area contributed by atoms with Crippen molar-refractivity contribution in [2.24, 2.45) is 0 Å². The van der Waals surface area contributed by atoms with E-state index in [2.05, 4.69) is 10.6 Å². The number of hydrogen-bond acceptors (Lipinski definition) is 2. The van der Waals surface area contributed by atoms with Crippen molar-refractivity contribution >= 4 is 11.8 Å². The minimum atomic E-state index is -0.499. The number of amides is 2. The molecule has 0 saturated carbocycles. The van der Waals surface area contributed by atoms with Crippen LogP contribution in [-0.4, -0.2) is 64.2 Å². The molecule has 32 heavy (non-hydrogen) atoms. The third kappa shape index (κ3) is 7.10. The molecule has 0 bridgehead atoms. The van der Waals surface area contributed by atoms with Gasteiger partial charge in [-0.05, 0) is 24.3 Å². The van der Waals surface area contributed by atoms with E-state index in [0.29, 0.717) is 13.1 Å². The van der Waals surface area contributed by atoms with Crippen LogP contribution in [0.2, 0.25) is 0 Å². The summed E-state index contributed by atoms with van der Waals surface area (Å²) in [6.45, 7) is 7.30. The maximum Gasteiger partial charge on any atom is 0.254 e. The van der Waals surface area contributed by atoms with Gasteiger partial charge in [0, 0.05) is 25.9 Å². The Bertz CT molecular complexity index is 828. The molecule has 0 radical (unpaired) electrons. The number of halogens is 2. The number of rotatable bonds is 10. The van der Waals surface area contributed by atoms with Gasteiger partial charge in [-0.15, -0.1) is 0 Å². The molecule has 172 valence electrons. The summed E-state index contributed by atoms with van der Waals surface area (Å²) in [5.74, 6) is -1.73. The Balaban J connectivity index is 1.24. The quantitative estimate of drug-likeness (QED) is 0.379. The monoisotopic (exact) mass is 446 g/mol. The summed E-state index contributed by atoms with van der Waals surface area (Å²) in [4.78, 5) is 27.1. The standard InChI is InChI=1S/C24H30F2N4O2/c25-21-9-3-1-7-19(21)23(31)27-11-5-13-29-15-17-30(18-16-29)14-6-12-28-24(32)20-8-2-4-10-22(20)26/h1-4,7-10H,5-6,11-18H2,(H,27,31)(H,28,32)/p+2. The van der Waals surface area contributed by atoms with Crippen molar-refractivity contribution in [2.75, 3.05) is 52.4 Å². The highest BCUT2D eigenvalue weighted by Crippen LogP contribution is 2.06. The maximum absolute atomic E-state index is 13.6. The molecule has 6 nitrogen and oxygen atoms in total. The van der Waals surface area contributed by atoms with Crippen LogP contribution in [0, 0.1) is 11.6 Å². The third-order valence-corrected chi connectivity index (χ3v) is 5.89. The maximum atomic E-state index is 13.6. The Hall–Kier alpha value is -2.84. The predicted molar refractivity (Wildman–Crippen MR) is 118 cm³/mol. The summed E-state index contributed by atoms with van der Waals surface area (Å²) < 4.78 is 27.2. The molecular weight excluding hydrogens is 414 g/mol. The zero-order valence-corrected chi connectivity index (χ0v) is 18.3. The summed E-state index contributed by atoms with van der Waals surface area (Å²) in [6.07, 6.45) is 1.71. The van der Waals surface area contributed by atoms with E-state index >= 15 is 0 Å². The highest BCUT2D eigenvalue weighted by atomic mass is 19.1. The van der Waals surface area contributed by atoms with Gasteiger partial charge in [0.25, 0.3) is 11.8 Å². The molecule has 1 aliphatic rings. The van der Waals surface area contributed by atoms with Gasteiger partial charge in [0.05, 0.1) is 24.2 Å². The second kappa shape index (κ2) is 12.3. The number of quaternary nitrogens is 2. The first-order chi connectivity index (χ1) is 15.5. The highest BCUT2D eigenvalue weighted by molar-refractivity contribution is 5.94. The fraction of sp³-hybridized carbons (Fsp3) is 0.417. The summed E-state index contributed by atoms with van der Waals surface area (Å²) in [5, 5.41) is 5.58. The second-order valence-electron chi connectivity index (χ2n) is 8.18. The van der Waals surface area contributed by atoms with Gasteiger partial charge < -0.3 is 20.4 Å². The van der Waals surface area contributed by atoms with Crippen LogP contribution < -0.4 is 20.4 Å². The fourth-order valence-electron chi connectivity index (χ4n) is 4.02. The molecule has 1 fully saturated rings. The molecule has 3 rings (SSSR count). The van der Waals surface area contributed by atoms with Crippen molar-refractivity contribution < 1.29 is 28.2 Å². The summed E-state index contributed by atoms with van der Waals surface area (Å²) in [5.41, 5.74) is 0.171. The van der Waals surface area contributed by atoms with E-state index in [1.54, 1.807) is 24.3 Å². The molecule has 1 aliphatic heterocycles. The largest absolute Gasteiger partial charge is 0.352 e. The van der Waals surface area contributed by atoms with Gasteiger partial charge in [-0.1, -0.05) is 24.3 Å². The molecule has 2 aromatic carbocycles. The molecule has 0 aromatic heterocycles. The molecular formula is C24H32F2N4O2+2. The summed E-state index contributed by atoms with van der Waals surface area (Å²) in [7, 11) is 0. The lowest BCUT2D eigenvalue weighted by atomic mass is 10.2. The zero-order chi connectivity index (χ0) is 22.8. The van der Waals surface area contributed by atoms with Gasteiger partial charge in [-0.25, -0.2) is 8.78 Å². The molecule has 8 heteroatoms. The van der Waals surface area contributed by atoms with E-state index in [1.807, 2.05) is 0 Å². The van der Waals surface area contributed by atoms with E-state index < -0.39 is 11.6 Å². The van der Waals surface area contributed by atoms with Gasteiger partial charge >= 0.3 is 0 Å². The van der Waals surface area contributed by atoms with Gasteiger partial charge in [0.15, 0.2) is 0 Å². The van der Waals surface area contributed by atoms with Gasteiger partial charge in [-0.3, -0.25) is 9.59 Å². The fourth-order valence-corrected chi connectivity index (χ4v) is 4.02. The van der Waals surface area contributed by atoms with Crippen molar-refractivity contribution in [3.8, 4) is 0 Å². The van der Waals surface area contributed by atoms with Crippen LogP contribution in [-0.2, 0) is 0 Å². The number of hydrogen-bond donors (Lipinski definition) is 4. The van der Waals surface area contributed by atoms with Crippen LogP contribution in [0.1, 0.15) is 33.6 Å². The van der Waals surface area contributed by atoms with Crippen LogP contribution in [0.25, 0.3) is 0 Å². The number of nitrogens with one attached hydrogen (secondary N) is 4. The molecule has 1 heterocycles. The highest BCUT2D eigenvalue weighted by Gasteiger charge is 2.22. The smallest absolute Gasteiger partial charge is 0.254 e. The van der Waals surface area contributed by atoms with Crippen LogP contribution in [0.3, 0.4) is 0 Å². The Morgan fingerprint density at radius 2 is 1.06 bits per heavy atom. The van der Waals surface area contributed by atoms with Crippen LogP contribution in [0.15, 0.2) is 48.5 Å². The molecule has 2 amide bonds. The van der Waals surface area contributed by atoms with Crippen molar-refractivity contribution in [3.05, 3.63) is 71.3 Å². The lowest BCUT2D eigenvalue weighted by Crippen LogP contribution is -3.28. The topological polar surface area (TPSA) is 67.1 Å². The number of piperazine rings is 1. The van der Waals surface area contributed by atoms with E-state index in [0.717, 1.165) is 52.1 Å². The third-order valence-electron chi connectivity index (χ3n) is 5.89. The predicted octanol–water partition coefficient (Wildman–Crippen LogP) is -0.312. The first-order valence-electron chi connectivity index (χ1n) is 11.3. The van der Waals surface area contributed by atoms with Crippen molar-refractivity contribution in [1.29, 1.82) is 0 Å². The SMILES string of the molecule is O=C(NCCC[NH+]1CC[NH+](CCCNC(=O)c2ccccc2F)CC1)c1ccccc1F. The normalized spacial score (nSPS) is 18.2. The minimum absolute atomic E-state index is 0.0853. The van der Waals surface area contributed by atoms with Gasteiger partial charge in [-0.2, -0.15) is 0 Å². The Labute approximate surface area is 187 Å². The first kappa shape index (κ1) is 23.8.